The van der Waals surface area contributed by atoms with Gasteiger partial charge in [0.05, 0.1) is 33.5 Å². The maximum Gasteiger partial charge on any atom is 0.306 e. The van der Waals surface area contributed by atoms with Crippen molar-refractivity contribution < 1.29 is 38.4 Å². The Kier molecular flexibility index (Phi) is 11.5. The summed E-state index contributed by atoms with van der Waals surface area (Å²) in [5, 5.41) is 11.1. The molecule has 0 amide bonds. The highest BCUT2D eigenvalue weighted by atomic mass is 16.6. The van der Waals surface area contributed by atoms with Gasteiger partial charge in [-0.2, -0.15) is 0 Å². The molecule has 0 saturated carbocycles. The lowest BCUT2D eigenvalue weighted by Gasteiger charge is -2.31. The van der Waals surface area contributed by atoms with Crippen molar-refractivity contribution in [1.29, 1.82) is 0 Å². The minimum atomic E-state index is -0.368. The average molecular weight is 549 g/mol. The molecule has 2 aliphatic rings. The van der Waals surface area contributed by atoms with Crippen LogP contribution in [0.5, 0.6) is 11.5 Å². The van der Waals surface area contributed by atoms with Crippen molar-refractivity contribution in [1.82, 2.24) is 0 Å². The van der Waals surface area contributed by atoms with Crippen LogP contribution in [0.25, 0.3) is 0 Å². The van der Waals surface area contributed by atoms with E-state index in [0.29, 0.717) is 64.3 Å². The lowest BCUT2D eigenvalue weighted by Crippen LogP contribution is -2.26. The fourth-order valence-electron chi connectivity index (χ4n) is 5.50. The van der Waals surface area contributed by atoms with Crippen LogP contribution in [-0.4, -0.2) is 62.8 Å². The number of hydrogen-bond acceptors (Lipinski definition) is 8. The number of benzene rings is 1. The number of esters is 2. The zero-order valence-corrected chi connectivity index (χ0v) is 24.5. The first-order chi connectivity index (χ1) is 18.5. The number of carbonyl (C=O) groups is 2. The normalized spacial score (nSPS) is 17.6. The molecule has 8 nitrogen and oxygen atoms in total. The van der Waals surface area contributed by atoms with Crippen LogP contribution < -0.4 is 4.74 Å². The maximum atomic E-state index is 12.3. The number of phenols is 1. The fraction of sp³-hybridized carbons (Fsp3) is 0.742. The third-order valence-electron chi connectivity index (χ3n) is 8.07. The first-order valence-electron chi connectivity index (χ1n) is 14.5. The van der Waals surface area contributed by atoms with Crippen molar-refractivity contribution in [2.24, 2.45) is 0 Å². The molecule has 8 heteroatoms. The second kappa shape index (κ2) is 14.4. The minimum absolute atomic E-state index is 0.0372. The molecular formula is C31H48O8. The number of aromatic hydroxyl groups is 1. The van der Waals surface area contributed by atoms with Gasteiger partial charge >= 0.3 is 11.9 Å². The van der Waals surface area contributed by atoms with Crippen molar-refractivity contribution in [3.63, 3.8) is 0 Å². The second-order valence-electron chi connectivity index (χ2n) is 12.1. The highest BCUT2D eigenvalue weighted by Gasteiger charge is 2.31. The molecule has 2 heterocycles. The van der Waals surface area contributed by atoms with E-state index in [-0.39, 0.29) is 40.7 Å². The number of hydrogen-bond donors (Lipinski definition) is 1. The maximum absolute atomic E-state index is 12.3. The Balaban J connectivity index is 1.56. The lowest BCUT2D eigenvalue weighted by molar-refractivity contribution is -0.154. The van der Waals surface area contributed by atoms with E-state index in [1.54, 1.807) is 13.2 Å². The smallest absolute Gasteiger partial charge is 0.306 e. The Bertz CT molecular complexity index is 942. The highest BCUT2D eigenvalue weighted by molar-refractivity contribution is 5.70. The van der Waals surface area contributed by atoms with E-state index in [1.807, 2.05) is 6.07 Å². The Labute approximate surface area is 233 Å². The van der Waals surface area contributed by atoms with E-state index < -0.39 is 0 Å². The van der Waals surface area contributed by atoms with Crippen LogP contribution in [0.1, 0.15) is 103 Å². The molecule has 1 N–H and O–H groups in total. The van der Waals surface area contributed by atoms with Gasteiger partial charge in [0.15, 0.2) is 0 Å². The van der Waals surface area contributed by atoms with Crippen molar-refractivity contribution in [3.05, 3.63) is 23.3 Å². The summed E-state index contributed by atoms with van der Waals surface area (Å²) >= 11 is 0. The van der Waals surface area contributed by atoms with Gasteiger partial charge in [-0.3, -0.25) is 9.59 Å². The van der Waals surface area contributed by atoms with E-state index in [4.69, 9.17) is 23.7 Å². The molecule has 0 aliphatic carbocycles. The Hall–Kier alpha value is -2.32. The van der Waals surface area contributed by atoms with Crippen molar-refractivity contribution >= 4 is 11.9 Å². The van der Waals surface area contributed by atoms with Crippen LogP contribution in [0.4, 0.5) is 0 Å². The van der Waals surface area contributed by atoms with Crippen molar-refractivity contribution in [2.45, 2.75) is 115 Å². The molecule has 0 spiro atoms. The topological polar surface area (TPSA) is 101 Å². The van der Waals surface area contributed by atoms with Gasteiger partial charge in [0.25, 0.3) is 0 Å². The molecule has 3 rings (SSSR count). The second-order valence-corrected chi connectivity index (χ2v) is 12.1. The Morgan fingerprint density at radius 1 is 0.795 bits per heavy atom. The van der Waals surface area contributed by atoms with E-state index >= 15 is 0 Å². The standard InChI is InChI=1S/C31H48O8/c1-30(2,14-6-8-28(33)38-22-10-16-36-17-11-22)24-21-27(35-5)25(20-26(24)32)31(3,4)15-7-9-29(34)39-23-12-18-37-19-13-23/h20-23,32H,6-19H2,1-5H3. The van der Waals surface area contributed by atoms with Gasteiger partial charge in [-0.05, 0) is 48.6 Å². The largest absolute Gasteiger partial charge is 0.508 e. The van der Waals surface area contributed by atoms with Crippen molar-refractivity contribution in [3.8, 4) is 11.5 Å². The van der Waals surface area contributed by atoms with Crippen LogP contribution in [-0.2, 0) is 39.4 Å². The molecule has 2 saturated heterocycles. The summed E-state index contributed by atoms with van der Waals surface area (Å²) in [7, 11) is 1.64. The summed E-state index contributed by atoms with van der Waals surface area (Å²) in [5.74, 6) is 0.589. The third kappa shape index (κ3) is 9.38. The summed E-state index contributed by atoms with van der Waals surface area (Å²) in [5.41, 5.74) is 1.00. The monoisotopic (exact) mass is 548 g/mol. The summed E-state index contributed by atoms with van der Waals surface area (Å²) < 4.78 is 27.6. The fourth-order valence-corrected chi connectivity index (χ4v) is 5.50. The molecule has 39 heavy (non-hydrogen) atoms. The molecule has 0 atom stereocenters. The summed E-state index contributed by atoms with van der Waals surface area (Å²) in [6.07, 6.45) is 6.46. The zero-order valence-electron chi connectivity index (χ0n) is 24.5. The zero-order chi connectivity index (χ0) is 28.5. The molecule has 220 valence electrons. The molecule has 0 aromatic heterocycles. The number of rotatable bonds is 13. The van der Waals surface area contributed by atoms with Crippen LogP contribution in [0, 0.1) is 0 Å². The third-order valence-corrected chi connectivity index (χ3v) is 8.07. The van der Waals surface area contributed by atoms with Crippen LogP contribution in [0.2, 0.25) is 0 Å². The first kappa shape index (κ1) is 31.2. The number of methoxy groups -OCH3 is 1. The number of carbonyl (C=O) groups excluding carboxylic acids is 2. The lowest BCUT2D eigenvalue weighted by atomic mass is 9.75. The van der Waals surface area contributed by atoms with Gasteiger partial charge in [-0.15, -0.1) is 0 Å². The Morgan fingerprint density at radius 3 is 1.67 bits per heavy atom. The molecule has 0 bridgehead atoms. The van der Waals surface area contributed by atoms with E-state index in [0.717, 1.165) is 43.2 Å². The van der Waals surface area contributed by atoms with Gasteiger partial charge in [0.2, 0.25) is 0 Å². The molecule has 2 aliphatic heterocycles. The van der Waals surface area contributed by atoms with Crippen molar-refractivity contribution in [2.75, 3.05) is 33.5 Å². The quantitative estimate of drug-likeness (QED) is 0.312. The Morgan fingerprint density at radius 2 is 1.23 bits per heavy atom. The van der Waals surface area contributed by atoms with E-state index in [2.05, 4.69) is 27.7 Å². The van der Waals surface area contributed by atoms with Gasteiger partial charge in [0.1, 0.15) is 23.7 Å². The molecule has 1 aromatic carbocycles. The highest BCUT2D eigenvalue weighted by Crippen LogP contribution is 2.44. The molecule has 2 fully saturated rings. The van der Waals surface area contributed by atoms with Gasteiger partial charge < -0.3 is 28.8 Å². The minimum Gasteiger partial charge on any atom is -0.508 e. The van der Waals surface area contributed by atoms with Crippen LogP contribution >= 0.6 is 0 Å². The first-order valence-corrected chi connectivity index (χ1v) is 14.5. The average Bonchev–Trinajstić information content (AvgIpc) is 2.89. The van der Waals surface area contributed by atoms with Crippen LogP contribution in [0.15, 0.2) is 12.1 Å². The van der Waals surface area contributed by atoms with E-state index in [9.17, 15) is 14.7 Å². The number of ether oxygens (including phenoxy) is 5. The summed E-state index contributed by atoms with van der Waals surface area (Å²) in [4.78, 5) is 24.7. The van der Waals surface area contributed by atoms with E-state index in [1.165, 1.54) is 0 Å². The van der Waals surface area contributed by atoms with Gasteiger partial charge in [-0.25, -0.2) is 0 Å². The molecule has 1 aromatic rings. The van der Waals surface area contributed by atoms with Gasteiger partial charge in [-0.1, -0.05) is 27.7 Å². The molecular weight excluding hydrogens is 500 g/mol. The predicted octanol–water partition coefficient (Wildman–Crippen LogP) is 5.74. The summed E-state index contributed by atoms with van der Waals surface area (Å²) in [6, 6.07) is 3.72. The number of phenolic OH excluding ortho intramolecular Hbond substituents is 1. The predicted molar refractivity (Wildman–Crippen MR) is 148 cm³/mol. The van der Waals surface area contributed by atoms with Crippen LogP contribution in [0.3, 0.4) is 0 Å². The molecule has 0 unspecified atom stereocenters. The molecule has 0 radical (unpaired) electrons. The SMILES string of the molecule is COc1cc(C(C)(C)CCCC(=O)OC2CCOCC2)c(O)cc1C(C)(C)CCCC(=O)OC1CCOCC1. The van der Waals surface area contributed by atoms with Gasteiger partial charge in [0, 0.05) is 49.7 Å². The summed E-state index contributed by atoms with van der Waals surface area (Å²) in [6.45, 7) is 10.9.